The molecule has 1 heterocycles. The van der Waals surface area contributed by atoms with E-state index in [1.807, 2.05) is 43.0 Å². The molecule has 1 fully saturated rings. The number of rotatable bonds is 6. The van der Waals surface area contributed by atoms with Gasteiger partial charge in [0.2, 0.25) is 0 Å². The zero-order chi connectivity index (χ0) is 15.1. The SMILES string of the molecule is CCOC(=O)CN1CCOC(COc2cccc(C)c2)C1. The number of hydrogen-bond acceptors (Lipinski definition) is 5. The van der Waals surface area contributed by atoms with Gasteiger partial charge < -0.3 is 14.2 Å². The largest absolute Gasteiger partial charge is 0.491 e. The fourth-order valence-electron chi connectivity index (χ4n) is 2.31. The van der Waals surface area contributed by atoms with Gasteiger partial charge in [0.15, 0.2) is 0 Å². The highest BCUT2D eigenvalue weighted by atomic mass is 16.5. The molecular formula is C16H23NO4. The molecule has 116 valence electrons. The van der Waals surface area contributed by atoms with Crippen LogP contribution in [-0.4, -0.2) is 56.4 Å². The lowest BCUT2D eigenvalue weighted by Gasteiger charge is -2.32. The van der Waals surface area contributed by atoms with E-state index in [0.29, 0.717) is 32.9 Å². The standard InChI is InChI=1S/C16H23NO4/c1-3-19-16(18)11-17-7-8-20-15(10-17)12-21-14-6-4-5-13(2)9-14/h4-6,9,15H,3,7-8,10-12H2,1-2H3. The Morgan fingerprint density at radius 2 is 2.33 bits per heavy atom. The van der Waals surface area contributed by atoms with Gasteiger partial charge >= 0.3 is 5.97 Å². The van der Waals surface area contributed by atoms with Crippen molar-refractivity contribution in [3.8, 4) is 5.75 Å². The van der Waals surface area contributed by atoms with Gasteiger partial charge in [0.25, 0.3) is 0 Å². The minimum absolute atomic E-state index is 0.0197. The molecule has 0 spiro atoms. The third-order valence-electron chi connectivity index (χ3n) is 3.31. The fourth-order valence-corrected chi connectivity index (χ4v) is 2.31. The number of carbonyl (C=O) groups is 1. The van der Waals surface area contributed by atoms with Crippen LogP contribution in [0.5, 0.6) is 5.75 Å². The molecule has 0 amide bonds. The van der Waals surface area contributed by atoms with Crippen molar-refractivity contribution in [2.75, 3.05) is 39.5 Å². The van der Waals surface area contributed by atoms with Crippen LogP contribution in [0.25, 0.3) is 0 Å². The molecule has 0 radical (unpaired) electrons. The predicted molar refractivity (Wildman–Crippen MR) is 79.5 cm³/mol. The molecule has 1 saturated heterocycles. The molecule has 1 atom stereocenters. The Labute approximate surface area is 125 Å². The minimum Gasteiger partial charge on any atom is -0.491 e. The summed E-state index contributed by atoms with van der Waals surface area (Å²) in [7, 11) is 0. The molecule has 1 aliphatic rings. The highest BCUT2D eigenvalue weighted by Gasteiger charge is 2.23. The second kappa shape index (κ2) is 8.00. The number of esters is 1. The average molecular weight is 293 g/mol. The number of nitrogens with zero attached hydrogens (tertiary/aromatic N) is 1. The molecule has 2 rings (SSSR count). The molecule has 0 N–H and O–H groups in total. The number of ether oxygens (including phenoxy) is 3. The third-order valence-corrected chi connectivity index (χ3v) is 3.31. The Bertz CT molecular complexity index is 463. The summed E-state index contributed by atoms with van der Waals surface area (Å²) in [4.78, 5) is 13.5. The predicted octanol–water partition coefficient (Wildman–Crippen LogP) is 1.64. The van der Waals surface area contributed by atoms with Gasteiger partial charge in [-0.3, -0.25) is 9.69 Å². The Hall–Kier alpha value is -1.59. The lowest BCUT2D eigenvalue weighted by molar-refractivity contribution is -0.146. The number of hydrogen-bond donors (Lipinski definition) is 0. The van der Waals surface area contributed by atoms with Gasteiger partial charge in [-0.2, -0.15) is 0 Å². The molecule has 5 heteroatoms. The van der Waals surface area contributed by atoms with Crippen molar-refractivity contribution >= 4 is 5.97 Å². The lowest BCUT2D eigenvalue weighted by atomic mass is 10.2. The second-order valence-corrected chi connectivity index (χ2v) is 5.16. The third kappa shape index (κ3) is 5.36. The topological polar surface area (TPSA) is 48.0 Å². The van der Waals surface area contributed by atoms with Crippen molar-refractivity contribution in [1.29, 1.82) is 0 Å². The van der Waals surface area contributed by atoms with Crippen LogP contribution in [0.15, 0.2) is 24.3 Å². The van der Waals surface area contributed by atoms with E-state index in [-0.39, 0.29) is 12.1 Å². The molecule has 1 aliphatic heterocycles. The van der Waals surface area contributed by atoms with Crippen LogP contribution < -0.4 is 4.74 Å². The van der Waals surface area contributed by atoms with E-state index in [2.05, 4.69) is 0 Å². The Morgan fingerprint density at radius 3 is 3.10 bits per heavy atom. The van der Waals surface area contributed by atoms with Gasteiger partial charge in [-0.15, -0.1) is 0 Å². The van der Waals surface area contributed by atoms with Crippen molar-refractivity contribution in [3.63, 3.8) is 0 Å². The van der Waals surface area contributed by atoms with Gasteiger partial charge in [0.05, 0.1) is 19.8 Å². The number of benzene rings is 1. The van der Waals surface area contributed by atoms with Gasteiger partial charge in [-0.1, -0.05) is 12.1 Å². The normalized spacial score (nSPS) is 19.2. The van der Waals surface area contributed by atoms with Crippen LogP contribution in [0.3, 0.4) is 0 Å². The monoisotopic (exact) mass is 293 g/mol. The summed E-state index contributed by atoms with van der Waals surface area (Å²) in [5.74, 6) is 0.666. The van der Waals surface area contributed by atoms with Crippen LogP contribution in [0.1, 0.15) is 12.5 Å². The molecule has 5 nitrogen and oxygen atoms in total. The molecule has 0 saturated carbocycles. The Morgan fingerprint density at radius 1 is 1.48 bits per heavy atom. The van der Waals surface area contributed by atoms with Gasteiger partial charge in [0, 0.05) is 13.1 Å². The molecule has 1 aromatic carbocycles. The fraction of sp³-hybridized carbons (Fsp3) is 0.562. The average Bonchev–Trinajstić information content (AvgIpc) is 2.46. The van der Waals surface area contributed by atoms with Crippen LogP contribution in [-0.2, 0) is 14.3 Å². The lowest BCUT2D eigenvalue weighted by Crippen LogP contribution is -2.47. The van der Waals surface area contributed by atoms with Crippen molar-refractivity contribution in [2.45, 2.75) is 20.0 Å². The molecule has 0 aliphatic carbocycles. The van der Waals surface area contributed by atoms with E-state index in [0.717, 1.165) is 12.3 Å². The summed E-state index contributed by atoms with van der Waals surface area (Å²) >= 11 is 0. The molecule has 0 aromatic heterocycles. The van der Waals surface area contributed by atoms with Gasteiger partial charge in [-0.25, -0.2) is 0 Å². The van der Waals surface area contributed by atoms with Crippen LogP contribution >= 0.6 is 0 Å². The number of morpholine rings is 1. The second-order valence-electron chi connectivity index (χ2n) is 5.16. The summed E-state index contributed by atoms with van der Waals surface area (Å²) < 4.78 is 16.4. The molecular weight excluding hydrogens is 270 g/mol. The van der Waals surface area contributed by atoms with E-state index < -0.39 is 0 Å². The summed E-state index contributed by atoms with van der Waals surface area (Å²) in [5, 5.41) is 0. The molecule has 0 bridgehead atoms. The Balaban J connectivity index is 1.77. The first-order valence-electron chi connectivity index (χ1n) is 7.36. The number of carbonyl (C=O) groups excluding carboxylic acids is 1. The highest BCUT2D eigenvalue weighted by Crippen LogP contribution is 2.14. The summed E-state index contributed by atoms with van der Waals surface area (Å²) in [6.07, 6.45) is -0.0197. The maximum atomic E-state index is 11.5. The first-order chi connectivity index (χ1) is 10.2. The first kappa shape index (κ1) is 15.8. The number of aryl methyl sites for hydroxylation is 1. The van der Waals surface area contributed by atoms with Crippen LogP contribution in [0, 0.1) is 6.92 Å². The highest BCUT2D eigenvalue weighted by molar-refractivity contribution is 5.71. The minimum atomic E-state index is -0.183. The molecule has 1 aromatic rings. The van der Waals surface area contributed by atoms with Crippen molar-refractivity contribution in [3.05, 3.63) is 29.8 Å². The maximum Gasteiger partial charge on any atom is 0.320 e. The van der Waals surface area contributed by atoms with E-state index in [9.17, 15) is 4.79 Å². The van der Waals surface area contributed by atoms with Crippen molar-refractivity contribution < 1.29 is 19.0 Å². The van der Waals surface area contributed by atoms with Crippen LogP contribution in [0.2, 0.25) is 0 Å². The van der Waals surface area contributed by atoms with E-state index in [1.54, 1.807) is 0 Å². The Kier molecular flexibility index (Phi) is 6.02. The summed E-state index contributed by atoms with van der Waals surface area (Å²) in [5.41, 5.74) is 1.17. The van der Waals surface area contributed by atoms with Crippen molar-refractivity contribution in [2.24, 2.45) is 0 Å². The van der Waals surface area contributed by atoms with Crippen molar-refractivity contribution in [1.82, 2.24) is 4.90 Å². The molecule has 1 unspecified atom stereocenters. The van der Waals surface area contributed by atoms with E-state index >= 15 is 0 Å². The maximum absolute atomic E-state index is 11.5. The smallest absolute Gasteiger partial charge is 0.320 e. The quantitative estimate of drug-likeness (QED) is 0.746. The zero-order valence-corrected chi connectivity index (χ0v) is 12.7. The van der Waals surface area contributed by atoms with Gasteiger partial charge in [-0.05, 0) is 31.5 Å². The van der Waals surface area contributed by atoms with E-state index in [4.69, 9.17) is 14.2 Å². The van der Waals surface area contributed by atoms with Gasteiger partial charge in [0.1, 0.15) is 18.5 Å². The summed E-state index contributed by atoms with van der Waals surface area (Å²) in [6.45, 7) is 7.12. The van der Waals surface area contributed by atoms with E-state index in [1.165, 1.54) is 5.56 Å². The zero-order valence-electron chi connectivity index (χ0n) is 12.7. The summed E-state index contributed by atoms with van der Waals surface area (Å²) in [6, 6.07) is 7.94. The van der Waals surface area contributed by atoms with Crippen LogP contribution in [0.4, 0.5) is 0 Å². The molecule has 21 heavy (non-hydrogen) atoms. The first-order valence-corrected chi connectivity index (χ1v) is 7.36.